The van der Waals surface area contributed by atoms with Crippen molar-refractivity contribution in [3.63, 3.8) is 0 Å². The van der Waals surface area contributed by atoms with Gasteiger partial charge in [0.1, 0.15) is 0 Å². The number of hydrogen-bond acceptors (Lipinski definition) is 1. The number of hydrogen-bond donors (Lipinski definition) is 0. The minimum atomic E-state index is 0.918. The molecule has 0 spiro atoms. The first kappa shape index (κ1) is 8.13. The summed E-state index contributed by atoms with van der Waals surface area (Å²) in [5, 5.41) is 0. The van der Waals surface area contributed by atoms with Crippen LogP contribution >= 0.6 is 0 Å². The van der Waals surface area contributed by atoms with Crippen LogP contribution in [0.3, 0.4) is 0 Å². The topological polar surface area (TPSA) is 3.01 Å². The molecule has 1 saturated heterocycles. The Hall–Kier alpha value is -0.480. The zero-order valence-corrected chi connectivity index (χ0v) is 7.79. The minimum Gasteiger partial charge on any atom is -0.297 e. The molecule has 4 atom stereocenters. The Kier molecular flexibility index (Phi) is 2.11. The van der Waals surface area contributed by atoms with E-state index in [1.54, 1.807) is 0 Å². The number of nitrogens with zero attached hydrogens (tertiary/aromatic N) is 1. The van der Waals surface area contributed by atoms with Crippen molar-refractivity contribution in [2.75, 3.05) is 7.05 Å². The van der Waals surface area contributed by atoms with Gasteiger partial charge < -0.3 is 0 Å². The van der Waals surface area contributed by atoms with Gasteiger partial charge in [-0.25, -0.2) is 0 Å². The maximum absolute atomic E-state index is 5.26. The molecule has 1 heterocycles. The molecule has 1 aliphatic heterocycles. The average Bonchev–Trinajstić information content (AvgIpc) is 2.74. The van der Waals surface area contributed by atoms with Gasteiger partial charge in [-0.3, -0.25) is 4.90 Å². The third kappa shape index (κ3) is 1.36. The van der Waals surface area contributed by atoms with Crippen LogP contribution in [0.2, 0.25) is 0 Å². The van der Waals surface area contributed by atoms with Crippen molar-refractivity contribution in [3.8, 4) is 12.3 Å². The molecule has 0 aromatic rings. The first-order chi connectivity index (χ1) is 5.83. The Morgan fingerprint density at radius 3 is 2.92 bits per heavy atom. The van der Waals surface area contributed by atoms with E-state index in [1.807, 2.05) is 0 Å². The predicted molar refractivity (Wildman–Crippen MR) is 50.7 cm³/mol. The fourth-order valence-corrected chi connectivity index (χ4v) is 2.61. The number of likely N-dealkylation sites (N-methyl/N-ethyl adjacent to an activating group) is 1. The van der Waals surface area contributed by atoms with Crippen molar-refractivity contribution in [1.29, 1.82) is 0 Å². The summed E-state index contributed by atoms with van der Waals surface area (Å²) in [5.74, 6) is 3.66. The van der Waals surface area contributed by atoms with Gasteiger partial charge in [0.05, 0.1) is 0 Å². The van der Waals surface area contributed by atoms with Crippen molar-refractivity contribution in [3.05, 3.63) is 0 Å². The SMILES string of the molecule is C#CCCC1CCC2C(C1)N2C. The summed E-state index contributed by atoms with van der Waals surface area (Å²) >= 11 is 0. The van der Waals surface area contributed by atoms with Crippen LogP contribution in [0.25, 0.3) is 0 Å². The van der Waals surface area contributed by atoms with Crippen LogP contribution in [0.4, 0.5) is 0 Å². The fourth-order valence-electron chi connectivity index (χ4n) is 2.61. The Morgan fingerprint density at radius 1 is 1.42 bits per heavy atom. The van der Waals surface area contributed by atoms with E-state index in [-0.39, 0.29) is 0 Å². The van der Waals surface area contributed by atoms with E-state index >= 15 is 0 Å². The minimum absolute atomic E-state index is 0.918. The van der Waals surface area contributed by atoms with Crippen LogP contribution in [0.1, 0.15) is 32.1 Å². The van der Waals surface area contributed by atoms with E-state index in [2.05, 4.69) is 17.9 Å². The molecule has 66 valence electrons. The van der Waals surface area contributed by atoms with Gasteiger partial charge >= 0.3 is 0 Å². The molecule has 1 saturated carbocycles. The number of terminal acetylenes is 1. The van der Waals surface area contributed by atoms with E-state index in [9.17, 15) is 0 Å². The smallest absolute Gasteiger partial charge is 0.0254 e. The maximum Gasteiger partial charge on any atom is 0.0254 e. The van der Waals surface area contributed by atoms with Crippen LogP contribution in [-0.4, -0.2) is 24.0 Å². The molecule has 4 unspecified atom stereocenters. The highest BCUT2D eigenvalue weighted by Gasteiger charge is 2.47. The summed E-state index contributed by atoms with van der Waals surface area (Å²) in [4.78, 5) is 2.51. The highest BCUT2D eigenvalue weighted by Crippen LogP contribution is 2.42. The quantitative estimate of drug-likeness (QED) is 0.444. The molecule has 1 heteroatoms. The Bertz CT molecular complexity index is 204. The molecular formula is C11H17N. The normalized spacial score (nSPS) is 44.7. The summed E-state index contributed by atoms with van der Waals surface area (Å²) in [6, 6.07) is 1.86. The van der Waals surface area contributed by atoms with Crippen LogP contribution in [-0.2, 0) is 0 Å². The molecule has 2 rings (SSSR count). The molecule has 2 fully saturated rings. The van der Waals surface area contributed by atoms with Gasteiger partial charge in [-0.15, -0.1) is 12.3 Å². The molecule has 0 N–H and O–H groups in total. The van der Waals surface area contributed by atoms with Crippen molar-refractivity contribution >= 4 is 0 Å². The molecule has 0 bridgehead atoms. The molecule has 0 aromatic heterocycles. The summed E-state index contributed by atoms with van der Waals surface area (Å²) in [6.45, 7) is 0. The second-order valence-electron chi connectivity index (χ2n) is 4.22. The summed E-state index contributed by atoms with van der Waals surface area (Å²) in [7, 11) is 2.25. The van der Waals surface area contributed by atoms with E-state index in [0.29, 0.717) is 0 Å². The van der Waals surface area contributed by atoms with Crippen molar-refractivity contribution in [2.45, 2.75) is 44.2 Å². The van der Waals surface area contributed by atoms with E-state index < -0.39 is 0 Å². The first-order valence-corrected chi connectivity index (χ1v) is 4.98. The average molecular weight is 163 g/mol. The predicted octanol–water partition coefficient (Wildman–Crippen LogP) is 1.88. The Labute approximate surface area is 75.1 Å². The van der Waals surface area contributed by atoms with Gasteiger partial charge in [0.2, 0.25) is 0 Å². The lowest BCUT2D eigenvalue weighted by atomic mass is 9.86. The molecule has 1 nitrogen and oxygen atoms in total. The van der Waals surface area contributed by atoms with Gasteiger partial charge in [0.25, 0.3) is 0 Å². The van der Waals surface area contributed by atoms with Gasteiger partial charge in [-0.1, -0.05) is 0 Å². The second-order valence-corrected chi connectivity index (χ2v) is 4.22. The largest absolute Gasteiger partial charge is 0.297 e. The number of rotatable bonds is 2. The third-order valence-corrected chi connectivity index (χ3v) is 3.54. The van der Waals surface area contributed by atoms with Crippen LogP contribution in [0, 0.1) is 18.3 Å². The summed E-state index contributed by atoms with van der Waals surface area (Å²) in [5.41, 5.74) is 0. The molecule has 2 aliphatic rings. The van der Waals surface area contributed by atoms with Gasteiger partial charge in [-0.2, -0.15) is 0 Å². The Morgan fingerprint density at radius 2 is 2.25 bits per heavy atom. The Balaban J connectivity index is 1.77. The number of fused-ring (bicyclic) bond motifs is 1. The zero-order chi connectivity index (χ0) is 8.55. The molecule has 1 aliphatic carbocycles. The lowest BCUT2D eigenvalue weighted by Crippen LogP contribution is -2.12. The van der Waals surface area contributed by atoms with E-state index in [1.165, 1.54) is 25.7 Å². The van der Waals surface area contributed by atoms with Gasteiger partial charge in [-0.05, 0) is 38.6 Å². The second kappa shape index (κ2) is 3.11. The molecule has 0 amide bonds. The monoisotopic (exact) mass is 163 g/mol. The van der Waals surface area contributed by atoms with Crippen molar-refractivity contribution in [1.82, 2.24) is 4.90 Å². The highest BCUT2D eigenvalue weighted by molar-refractivity contribution is 5.04. The third-order valence-electron chi connectivity index (χ3n) is 3.54. The molecular weight excluding hydrogens is 146 g/mol. The van der Waals surface area contributed by atoms with Crippen molar-refractivity contribution in [2.24, 2.45) is 5.92 Å². The molecule has 12 heavy (non-hydrogen) atoms. The maximum atomic E-state index is 5.26. The zero-order valence-electron chi connectivity index (χ0n) is 7.79. The van der Waals surface area contributed by atoms with Crippen LogP contribution < -0.4 is 0 Å². The summed E-state index contributed by atoms with van der Waals surface area (Å²) in [6.07, 6.45) is 11.7. The number of likely N-dealkylation sites (tertiary alicyclic amines) is 1. The van der Waals surface area contributed by atoms with Crippen LogP contribution in [0.15, 0.2) is 0 Å². The first-order valence-electron chi connectivity index (χ1n) is 4.98. The fraction of sp³-hybridized carbons (Fsp3) is 0.818. The van der Waals surface area contributed by atoms with Crippen molar-refractivity contribution < 1.29 is 0 Å². The molecule has 0 aromatic carbocycles. The summed E-state index contributed by atoms with van der Waals surface area (Å²) < 4.78 is 0. The molecule has 0 radical (unpaired) electrons. The van der Waals surface area contributed by atoms with E-state index in [4.69, 9.17) is 6.42 Å². The van der Waals surface area contributed by atoms with E-state index in [0.717, 1.165) is 24.4 Å². The van der Waals surface area contributed by atoms with Crippen LogP contribution in [0.5, 0.6) is 0 Å². The van der Waals surface area contributed by atoms with Gasteiger partial charge in [0, 0.05) is 18.5 Å². The standard InChI is InChI=1S/C11H17N/c1-3-4-5-9-6-7-10-11(8-9)12(10)2/h1,9-11H,4-8H2,2H3. The van der Waals surface area contributed by atoms with Gasteiger partial charge in [0.15, 0.2) is 0 Å². The lowest BCUT2D eigenvalue weighted by Gasteiger charge is -2.18. The lowest BCUT2D eigenvalue weighted by molar-refractivity contribution is 0.376. The highest BCUT2D eigenvalue weighted by atomic mass is 15.3.